The molecule has 0 amide bonds. The summed E-state index contributed by atoms with van der Waals surface area (Å²) in [4.78, 5) is 13.1. The van der Waals surface area contributed by atoms with Crippen LogP contribution in [0.5, 0.6) is 0 Å². The fourth-order valence-electron chi connectivity index (χ4n) is 1.84. The average molecular weight is 323 g/mol. The maximum absolute atomic E-state index is 12.0. The Morgan fingerprint density at radius 2 is 1.89 bits per heavy atom. The summed E-state index contributed by atoms with van der Waals surface area (Å²) in [6.45, 7) is 4.17. The van der Waals surface area contributed by atoms with Crippen molar-refractivity contribution in [2.24, 2.45) is 0 Å². The Morgan fingerprint density at radius 3 is 2.50 bits per heavy atom. The highest BCUT2D eigenvalue weighted by molar-refractivity contribution is 9.11. The maximum Gasteiger partial charge on any atom is 0.142 e. The topological polar surface area (TPSA) is 17.1 Å². The SMILES string of the molecule is Cc1ccc(CC(=O)Cc2ccc(Br)s2)cc1C. The first-order chi connectivity index (χ1) is 8.54. The second kappa shape index (κ2) is 5.81. The molecule has 2 aromatic rings. The first kappa shape index (κ1) is 13.5. The molecular formula is C15H15BrOS. The second-order valence-corrected chi connectivity index (χ2v) is 7.06. The van der Waals surface area contributed by atoms with Crippen molar-refractivity contribution in [3.05, 3.63) is 55.7 Å². The van der Waals surface area contributed by atoms with E-state index in [2.05, 4.69) is 41.9 Å². The Labute approximate surface area is 120 Å². The van der Waals surface area contributed by atoms with E-state index in [9.17, 15) is 4.79 Å². The summed E-state index contributed by atoms with van der Waals surface area (Å²) in [5.74, 6) is 0.271. The molecule has 0 aliphatic carbocycles. The van der Waals surface area contributed by atoms with Crippen LogP contribution in [-0.4, -0.2) is 5.78 Å². The Morgan fingerprint density at radius 1 is 1.11 bits per heavy atom. The molecule has 1 aromatic heterocycles. The van der Waals surface area contributed by atoms with Gasteiger partial charge in [-0.3, -0.25) is 4.79 Å². The summed E-state index contributed by atoms with van der Waals surface area (Å²) in [6, 6.07) is 10.2. The van der Waals surface area contributed by atoms with Crippen molar-refractivity contribution >= 4 is 33.0 Å². The minimum atomic E-state index is 0.271. The fourth-order valence-corrected chi connectivity index (χ4v) is 3.36. The first-order valence-corrected chi connectivity index (χ1v) is 7.47. The molecule has 0 aliphatic heterocycles. The first-order valence-electron chi connectivity index (χ1n) is 5.86. The van der Waals surface area contributed by atoms with Gasteiger partial charge in [0.1, 0.15) is 5.78 Å². The third kappa shape index (κ3) is 3.53. The molecule has 1 aromatic carbocycles. The molecule has 2 rings (SSSR count). The predicted octanol–water partition coefficient (Wildman–Crippen LogP) is 4.48. The van der Waals surface area contributed by atoms with Gasteiger partial charge in [-0.15, -0.1) is 11.3 Å². The van der Waals surface area contributed by atoms with Crippen LogP contribution in [0.3, 0.4) is 0 Å². The zero-order valence-electron chi connectivity index (χ0n) is 10.5. The van der Waals surface area contributed by atoms with E-state index in [-0.39, 0.29) is 5.78 Å². The van der Waals surface area contributed by atoms with E-state index in [1.807, 2.05) is 18.2 Å². The number of Topliss-reactive ketones (excluding diaryl/α,β-unsaturated/α-hetero) is 1. The zero-order chi connectivity index (χ0) is 13.1. The average Bonchev–Trinajstić information content (AvgIpc) is 2.69. The van der Waals surface area contributed by atoms with Gasteiger partial charge in [0.25, 0.3) is 0 Å². The van der Waals surface area contributed by atoms with Gasteiger partial charge in [-0.25, -0.2) is 0 Å². The standard InChI is InChI=1S/C15H15BrOS/c1-10-3-4-12(7-11(10)2)8-13(17)9-14-5-6-15(16)18-14/h3-7H,8-9H2,1-2H3. The van der Waals surface area contributed by atoms with Gasteiger partial charge in [-0.05, 0) is 58.6 Å². The molecule has 1 nitrogen and oxygen atoms in total. The van der Waals surface area contributed by atoms with E-state index in [0.29, 0.717) is 12.8 Å². The Balaban J connectivity index is 2.00. The quantitative estimate of drug-likeness (QED) is 0.811. The number of hydrogen-bond donors (Lipinski definition) is 0. The van der Waals surface area contributed by atoms with Gasteiger partial charge in [0, 0.05) is 17.7 Å². The monoisotopic (exact) mass is 322 g/mol. The molecule has 0 atom stereocenters. The lowest BCUT2D eigenvalue weighted by atomic mass is 10.0. The van der Waals surface area contributed by atoms with Crippen LogP contribution in [0.2, 0.25) is 0 Å². The zero-order valence-corrected chi connectivity index (χ0v) is 12.9. The summed E-state index contributed by atoms with van der Waals surface area (Å²) >= 11 is 5.04. The Kier molecular flexibility index (Phi) is 4.36. The molecule has 0 N–H and O–H groups in total. The minimum Gasteiger partial charge on any atom is -0.299 e. The number of benzene rings is 1. The van der Waals surface area contributed by atoms with Gasteiger partial charge in [-0.1, -0.05) is 18.2 Å². The van der Waals surface area contributed by atoms with Gasteiger partial charge >= 0.3 is 0 Å². The summed E-state index contributed by atoms with van der Waals surface area (Å²) < 4.78 is 1.08. The molecule has 0 saturated heterocycles. The normalized spacial score (nSPS) is 10.6. The van der Waals surface area contributed by atoms with Crippen LogP contribution in [0.15, 0.2) is 34.1 Å². The van der Waals surface area contributed by atoms with Crippen LogP contribution >= 0.6 is 27.3 Å². The number of aryl methyl sites for hydroxylation is 2. The second-order valence-electron chi connectivity index (χ2n) is 4.52. The van der Waals surface area contributed by atoms with E-state index in [4.69, 9.17) is 0 Å². The molecule has 18 heavy (non-hydrogen) atoms. The van der Waals surface area contributed by atoms with Crippen molar-refractivity contribution in [2.75, 3.05) is 0 Å². The number of thiophene rings is 1. The summed E-state index contributed by atoms with van der Waals surface area (Å²) in [7, 11) is 0. The van der Waals surface area contributed by atoms with Gasteiger partial charge in [0.2, 0.25) is 0 Å². The molecule has 0 radical (unpaired) electrons. The third-order valence-electron chi connectivity index (χ3n) is 2.97. The number of hydrogen-bond acceptors (Lipinski definition) is 2. The van der Waals surface area contributed by atoms with Crippen LogP contribution in [0.1, 0.15) is 21.6 Å². The lowest BCUT2D eigenvalue weighted by molar-refractivity contribution is -0.117. The maximum atomic E-state index is 12.0. The number of carbonyl (C=O) groups excluding carboxylic acids is 1. The molecule has 3 heteroatoms. The van der Waals surface area contributed by atoms with Crippen molar-refractivity contribution in [3.8, 4) is 0 Å². The molecule has 94 valence electrons. The highest BCUT2D eigenvalue weighted by Crippen LogP contribution is 2.23. The summed E-state index contributed by atoms with van der Waals surface area (Å²) in [5.41, 5.74) is 3.63. The molecule has 0 saturated carbocycles. The summed E-state index contributed by atoms with van der Waals surface area (Å²) in [6.07, 6.45) is 1.06. The number of carbonyl (C=O) groups is 1. The minimum absolute atomic E-state index is 0.271. The summed E-state index contributed by atoms with van der Waals surface area (Å²) in [5, 5.41) is 0. The molecule has 0 unspecified atom stereocenters. The van der Waals surface area contributed by atoms with Crippen LogP contribution in [-0.2, 0) is 17.6 Å². The lowest BCUT2D eigenvalue weighted by Crippen LogP contribution is -2.05. The van der Waals surface area contributed by atoms with E-state index in [1.165, 1.54) is 11.1 Å². The highest BCUT2D eigenvalue weighted by atomic mass is 79.9. The van der Waals surface area contributed by atoms with Crippen LogP contribution in [0.4, 0.5) is 0 Å². The Hall–Kier alpha value is -0.930. The van der Waals surface area contributed by atoms with Gasteiger partial charge in [0.15, 0.2) is 0 Å². The lowest BCUT2D eigenvalue weighted by Gasteiger charge is -2.04. The van der Waals surface area contributed by atoms with E-state index in [0.717, 1.165) is 14.2 Å². The predicted molar refractivity (Wildman–Crippen MR) is 80.4 cm³/mol. The van der Waals surface area contributed by atoms with Gasteiger partial charge in [0.05, 0.1) is 3.79 Å². The number of rotatable bonds is 4. The smallest absolute Gasteiger partial charge is 0.142 e. The van der Waals surface area contributed by atoms with Crippen molar-refractivity contribution in [1.82, 2.24) is 0 Å². The highest BCUT2D eigenvalue weighted by Gasteiger charge is 2.07. The van der Waals surface area contributed by atoms with E-state index in [1.54, 1.807) is 11.3 Å². The van der Waals surface area contributed by atoms with E-state index >= 15 is 0 Å². The molecular weight excluding hydrogens is 308 g/mol. The van der Waals surface area contributed by atoms with Gasteiger partial charge < -0.3 is 0 Å². The Bertz CT molecular complexity index is 572. The van der Waals surface area contributed by atoms with Crippen molar-refractivity contribution < 1.29 is 4.79 Å². The third-order valence-corrected chi connectivity index (χ3v) is 4.60. The molecule has 0 spiro atoms. The van der Waals surface area contributed by atoms with Crippen molar-refractivity contribution in [2.45, 2.75) is 26.7 Å². The molecule has 0 aliphatic rings. The molecule has 0 fully saturated rings. The van der Waals surface area contributed by atoms with Crippen LogP contribution in [0, 0.1) is 13.8 Å². The van der Waals surface area contributed by atoms with E-state index < -0.39 is 0 Å². The number of halogens is 1. The largest absolute Gasteiger partial charge is 0.299 e. The van der Waals surface area contributed by atoms with Crippen molar-refractivity contribution in [1.29, 1.82) is 0 Å². The number of ketones is 1. The molecule has 1 heterocycles. The van der Waals surface area contributed by atoms with Crippen LogP contribution in [0.25, 0.3) is 0 Å². The van der Waals surface area contributed by atoms with Gasteiger partial charge in [-0.2, -0.15) is 0 Å². The fraction of sp³-hybridized carbons (Fsp3) is 0.267. The van der Waals surface area contributed by atoms with Crippen LogP contribution < -0.4 is 0 Å². The van der Waals surface area contributed by atoms with Crippen molar-refractivity contribution in [3.63, 3.8) is 0 Å². The molecule has 0 bridgehead atoms.